The summed E-state index contributed by atoms with van der Waals surface area (Å²) in [4.78, 5) is 20.8. The number of carbonyl (C=O) groups is 1. The van der Waals surface area contributed by atoms with Gasteiger partial charge in [0.25, 0.3) is 11.8 Å². The fourth-order valence-electron chi connectivity index (χ4n) is 7.71. The Kier molecular flexibility index (Phi) is 12.6. The molecule has 1 N–H and O–H groups in total. The van der Waals surface area contributed by atoms with Crippen LogP contribution >= 0.6 is 0 Å². The van der Waals surface area contributed by atoms with E-state index in [4.69, 9.17) is 0 Å². The number of likely N-dealkylation sites (tertiary alicyclic amines) is 1. The molecule has 8 heteroatoms. The fourth-order valence-corrected chi connectivity index (χ4v) is 7.71. The van der Waals surface area contributed by atoms with Crippen molar-refractivity contribution in [3.63, 3.8) is 0 Å². The molecular weight excluding hydrogens is 626 g/mol. The van der Waals surface area contributed by atoms with Gasteiger partial charge in [-0.1, -0.05) is 42.4 Å². The maximum atomic E-state index is 14.2. The molecule has 0 bridgehead atoms. The Labute approximate surface area is 290 Å². The molecule has 5 rings (SSSR count). The first-order valence-corrected chi connectivity index (χ1v) is 18.4. The van der Waals surface area contributed by atoms with Gasteiger partial charge in [-0.3, -0.25) is 14.7 Å². The summed E-state index contributed by atoms with van der Waals surface area (Å²) in [6.45, 7) is 7.38. The standard InChI is InChI=1S/C41H53F4N3O/c1-4-29(11-12-30-17-18-41(44,45)25-30)13-16-36(6-3)47-39(49)38-32(5-2)9-7-8-10-33-14-15-34(24-37(33)38)35-23-31(26-46-27-35)28-48-21-19-40(42,43)20-22-48/h4,6,14-15,23-24,26-27,30H,5,7-13,16-22,25,28H2,1-3H3,(H,47,49). The highest BCUT2D eigenvalue weighted by Crippen LogP contribution is 2.41. The number of fused-ring (bicyclic) bond motifs is 1. The number of piperidine rings is 1. The van der Waals surface area contributed by atoms with Crippen LogP contribution in [0.1, 0.15) is 121 Å². The summed E-state index contributed by atoms with van der Waals surface area (Å²) in [5.74, 6) is -5.09. The molecule has 2 heterocycles. The van der Waals surface area contributed by atoms with Crippen molar-refractivity contribution < 1.29 is 22.4 Å². The molecule has 1 aromatic heterocycles. The summed E-state index contributed by atoms with van der Waals surface area (Å²) in [7, 11) is 0. The van der Waals surface area contributed by atoms with E-state index < -0.39 is 11.8 Å². The summed E-state index contributed by atoms with van der Waals surface area (Å²) in [5, 5.41) is 3.26. The Balaban J connectivity index is 1.31. The molecule has 1 saturated carbocycles. The monoisotopic (exact) mass is 679 g/mol. The molecule has 3 aliphatic rings. The van der Waals surface area contributed by atoms with Crippen molar-refractivity contribution in [3.05, 3.63) is 82.3 Å². The minimum absolute atomic E-state index is 0.00251. The molecule has 266 valence electrons. The van der Waals surface area contributed by atoms with E-state index in [9.17, 15) is 22.4 Å². The van der Waals surface area contributed by atoms with Crippen molar-refractivity contribution in [3.8, 4) is 11.1 Å². The van der Waals surface area contributed by atoms with Crippen molar-refractivity contribution >= 4 is 11.5 Å². The Morgan fingerprint density at radius 1 is 0.939 bits per heavy atom. The summed E-state index contributed by atoms with van der Waals surface area (Å²) < 4.78 is 54.8. The summed E-state index contributed by atoms with van der Waals surface area (Å²) in [6, 6.07) is 8.47. The average molecular weight is 680 g/mol. The molecule has 2 fully saturated rings. The van der Waals surface area contributed by atoms with E-state index in [2.05, 4.69) is 52.5 Å². The van der Waals surface area contributed by atoms with Crippen molar-refractivity contribution in [2.75, 3.05) is 13.1 Å². The Morgan fingerprint density at radius 2 is 1.71 bits per heavy atom. The fraction of sp³-hybridized carbons (Fsp3) is 0.561. The van der Waals surface area contributed by atoms with Gasteiger partial charge < -0.3 is 5.32 Å². The Hall–Kier alpha value is -3.26. The van der Waals surface area contributed by atoms with Gasteiger partial charge in [0, 0.05) is 74.5 Å². The second-order valence-electron chi connectivity index (χ2n) is 14.3. The van der Waals surface area contributed by atoms with Crippen LogP contribution < -0.4 is 5.32 Å². The second kappa shape index (κ2) is 16.6. The van der Waals surface area contributed by atoms with E-state index in [0.717, 1.165) is 96.0 Å². The lowest BCUT2D eigenvalue weighted by atomic mass is 9.84. The molecule has 1 unspecified atom stereocenters. The average Bonchev–Trinajstić information content (AvgIpc) is 3.43. The molecule has 1 amide bonds. The van der Waals surface area contributed by atoms with Crippen LogP contribution in [0.4, 0.5) is 17.6 Å². The Morgan fingerprint density at radius 3 is 2.41 bits per heavy atom. The number of aromatic nitrogens is 1. The second-order valence-corrected chi connectivity index (χ2v) is 14.3. The summed E-state index contributed by atoms with van der Waals surface area (Å²) >= 11 is 0. The van der Waals surface area contributed by atoms with E-state index in [-0.39, 0.29) is 37.5 Å². The number of hydrogen-bond donors (Lipinski definition) is 1. The van der Waals surface area contributed by atoms with E-state index in [1.54, 1.807) is 0 Å². The van der Waals surface area contributed by atoms with Gasteiger partial charge in [-0.25, -0.2) is 17.6 Å². The number of nitrogens with one attached hydrogen (secondary N) is 1. The molecule has 49 heavy (non-hydrogen) atoms. The third kappa shape index (κ3) is 10.1. The number of hydrogen-bond acceptors (Lipinski definition) is 3. The number of pyridine rings is 1. The molecule has 2 aliphatic carbocycles. The predicted molar refractivity (Wildman–Crippen MR) is 190 cm³/mol. The van der Waals surface area contributed by atoms with Crippen molar-refractivity contribution in [2.45, 2.75) is 129 Å². The summed E-state index contributed by atoms with van der Waals surface area (Å²) in [6.07, 6.45) is 15.8. The topological polar surface area (TPSA) is 45.2 Å². The quantitative estimate of drug-likeness (QED) is 0.179. The van der Waals surface area contributed by atoms with Crippen LogP contribution in [0.15, 0.2) is 65.7 Å². The van der Waals surface area contributed by atoms with Crippen LogP contribution in [-0.4, -0.2) is 40.7 Å². The zero-order chi connectivity index (χ0) is 35.0. The van der Waals surface area contributed by atoms with Gasteiger partial charge in [-0.15, -0.1) is 0 Å². The largest absolute Gasteiger partial charge is 0.326 e. The molecule has 1 atom stereocenters. The van der Waals surface area contributed by atoms with E-state index in [1.807, 2.05) is 32.3 Å². The number of alkyl halides is 4. The van der Waals surface area contributed by atoms with Gasteiger partial charge in [-0.05, 0) is 118 Å². The third-order valence-corrected chi connectivity index (χ3v) is 10.8. The SMILES string of the molecule is CC=C(CCC(=CC)NC(=O)C1=C(CC)CCCCc2ccc(-c3cncc(CN4CCC(F)(F)CC4)c3)cc21)CCC1CCC(F)(F)C1. The van der Waals surface area contributed by atoms with Crippen LogP contribution in [0.3, 0.4) is 0 Å². The minimum Gasteiger partial charge on any atom is -0.326 e. The summed E-state index contributed by atoms with van der Waals surface area (Å²) in [5.41, 5.74) is 9.05. The zero-order valence-electron chi connectivity index (χ0n) is 29.5. The van der Waals surface area contributed by atoms with Gasteiger partial charge >= 0.3 is 0 Å². The van der Waals surface area contributed by atoms with Gasteiger partial charge in [-0.2, -0.15) is 0 Å². The minimum atomic E-state index is -2.57. The normalized spacial score (nSPS) is 21.7. The number of halogens is 4. The lowest BCUT2D eigenvalue weighted by molar-refractivity contribution is -0.115. The van der Waals surface area contributed by atoms with E-state index in [0.29, 0.717) is 32.5 Å². The van der Waals surface area contributed by atoms with E-state index >= 15 is 0 Å². The first-order chi connectivity index (χ1) is 23.5. The van der Waals surface area contributed by atoms with Crippen LogP contribution in [0.2, 0.25) is 0 Å². The lowest BCUT2D eigenvalue weighted by Crippen LogP contribution is -2.38. The highest BCUT2D eigenvalue weighted by Gasteiger charge is 2.39. The number of benzene rings is 1. The van der Waals surface area contributed by atoms with Crippen molar-refractivity contribution in [1.82, 2.24) is 15.2 Å². The van der Waals surface area contributed by atoms with E-state index in [1.165, 1.54) is 5.57 Å². The smallest absolute Gasteiger partial charge is 0.255 e. The molecular formula is C41H53F4N3O. The maximum Gasteiger partial charge on any atom is 0.255 e. The van der Waals surface area contributed by atoms with Crippen molar-refractivity contribution in [1.29, 1.82) is 0 Å². The number of aryl methyl sites for hydroxylation is 1. The Bertz CT molecular complexity index is 1550. The van der Waals surface area contributed by atoms with Gasteiger partial charge in [0.1, 0.15) is 0 Å². The number of allylic oxidation sites excluding steroid dienone is 5. The number of rotatable bonds is 12. The van der Waals surface area contributed by atoms with Crippen LogP contribution in [0.5, 0.6) is 0 Å². The number of nitrogens with zero attached hydrogens (tertiary/aromatic N) is 2. The third-order valence-electron chi connectivity index (χ3n) is 10.8. The zero-order valence-corrected chi connectivity index (χ0v) is 29.5. The molecule has 2 aromatic rings. The predicted octanol–water partition coefficient (Wildman–Crippen LogP) is 10.8. The van der Waals surface area contributed by atoms with Crippen molar-refractivity contribution in [2.24, 2.45) is 5.92 Å². The molecule has 0 spiro atoms. The molecule has 4 nitrogen and oxygen atoms in total. The van der Waals surface area contributed by atoms with Crippen LogP contribution in [-0.2, 0) is 17.8 Å². The van der Waals surface area contributed by atoms with Gasteiger partial charge in [0.15, 0.2) is 0 Å². The highest BCUT2D eigenvalue weighted by molar-refractivity contribution is 6.21. The molecule has 0 radical (unpaired) electrons. The molecule has 1 saturated heterocycles. The molecule has 1 aliphatic heterocycles. The number of amides is 1. The van der Waals surface area contributed by atoms with Gasteiger partial charge in [0.2, 0.25) is 5.92 Å². The first kappa shape index (κ1) is 37.0. The van der Waals surface area contributed by atoms with Gasteiger partial charge in [0.05, 0.1) is 0 Å². The highest BCUT2D eigenvalue weighted by atomic mass is 19.3. The van der Waals surface area contributed by atoms with Crippen LogP contribution in [0, 0.1) is 5.92 Å². The van der Waals surface area contributed by atoms with Crippen LogP contribution in [0.25, 0.3) is 16.7 Å². The maximum absolute atomic E-state index is 14.2. The number of carbonyl (C=O) groups excluding carboxylic acids is 1. The first-order valence-electron chi connectivity index (χ1n) is 18.4. The molecule has 1 aromatic carbocycles. The lowest BCUT2D eigenvalue weighted by Gasteiger charge is -2.31.